The Bertz CT molecular complexity index is 1310. The number of carbonyl (C=O) groups excluding carboxylic acids is 1. The van der Waals surface area contributed by atoms with E-state index in [2.05, 4.69) is 15.5 Å². The molecule has 3 aromatic carbocycles. The van der Waals surface area contributed by atoms with E-state index in [-0.39, 0.29) is 18.9 Å². The minimum atomic E-state index is -4.41. The fourth-order valence-electron chi connectivity index (χ4n) is 3.50. The third kappa shape index (κ3) is 6.67. The molecule has 1 aromatic heterocycles. The Labute approximate surface area is 215 Å². The lowest BCUT2D eigenvalue weighted by molar-refractivity contribution is -0.137. The highest BCUT2D eigenvalue weighted by atomic mass is 35.5. The number of carbonyl (C=O) groups is 1. The van der Waals surface area contributed by atoms with Crippen LogP contribution in [-0.2, 0) is 17.5 Å². The van der Waals surface area contributed by atoms with Gasteiger partial charge in [0.05, 0.1) is 5.56 Å². The summed E-state index contributed by atoms with van der Waals surface area (Å²) in [5.41, 5.74) is 1.45. The standard InChI is InChI=1S/C26H22ClF3N4OS/c27-21-13-11-19(12-14-21)24-32-33-25(34(24)22-8-2-1-3-9-22)36-15-5-10-23(35)31-17-18-6-4-7-20(16-18)26(28,29)30/h1-4,6-9,11-14,16H,5,10,15,17H2,(H,31,35). The van der Waals surface area contributed by atoms with Gasteiger partial charge in [-0.05, 0) is 60.5 Å². The third-order valence-electron chi connectivity index (χ3n) is 5.27. The fourth-order valence-corrected chi connectivity index (χ4v) is 4.52. The number of nitrogens with zero attached hydrogens (tertiary/aromatic N) is 3. The van der Waals surface area contributed by atoms with Crippen LogP contribution in [0.4, 0.5) is 13.2 Å². The molecule has 10 heteroatoms. The van der Waals surface area contributed by atoms with Crippen LogP contribution in [0.3, 0.4) is 0 Å². The lowest BCUT2D eigenvalue weighted by atomic mass is 10.1. The van der Waals surface area contributed by atoms with Gasteiger partial charge in [0.2, 0.25) is 5.91 Å². The molecule has 1 N–H and O–H groups in total. The molecule has 36 heavy (non-hydrogen) atoms. The summed E-state index contributed by atoms with van der Waals surface area (Å²) in [4.78, 5) is 12.2. The molecule has 0 aliphatic heterocycles. The van der Waals surface area contributed by atoms with Gasteiger partial charge < -0.3 is 5.32 Å². The van der Waals surface area contributed by atoms with Crippen molar-refractivity contribution >= 4 is 29.3 Å². The molecule has 4 rings (SSSR count). The molecule has 1 amide bonds. The van der Waals surface area contributed by atoms with E-state index in [9.17, 15) is 18.0 Å². The van der Waals surface area contributed by atoms with Gasteiger partial charge >= 0.3 is 6.18 Å². The monoisotopic (exact) mass is 530 g/mol. The predicted octanol–water partition coefficient (Wildman–Crippen LogP) is 6.80. The lowest BCUT2D eigenvalue weighted by Crippen LogP contribution is -2.22. The van der Waals surface area contributed by atoms with Gasteiger partial charge in [-0.15, -0.1) is 10.2 Å². The lowest BCUT2D eigenvalue weighted by Gasteiger charge is -2.11. The van der Waals surface area contributed by atoms with Crippen LogP contribution in [0.1, 0.15) is 24.0 Å². The van der Waals surface area contributed by atoms with E-state index in [0.29, 0.717) is 33.7 Å². The normalized spacial score (nSPS) is 11.4. The molecular formula is C26H22ClF3N4OS. The summed E-state index contributed by atoms with van der Waals surface area (Å²) in [6.07, 6.45) is -3.60. The van der Waals surface area contributed by atoms with Crippen LogP contribution >= 0.6 is 23.4 Å². The smallest absolute Gasteiger partial charge is 0.352 e. The maximum absolute atomic E-state index is 12.9. The van der Waals surface area contributed by atoms with Crippen molar-refractivity contribution in [3.05, 3.63) is 95.0 Å². The summed E-state index contributed by atoms with van der Waals surface area (Å²) in [7, 11) is 0. The molecule has 4 aromatic rings. The topological polar surface area (TPSA) is 59.8 Å². The van der Waals surface area contributed by atoms with Crippen molar-refractivity contribution in [2.24, 2.45) is 0 Å². The second-order valence-electron chi connectivity index (χ2n) is 7.91. The zero-order valence-corrected chi connectivity index (χ0v) is 20.6. The van der Waals surface area contributed by atoms with Crippen LogP contribution in [0.15, 0.2) is 84.0 Å². The zero-order valence-electron chi connectivity index (χ0n) is 19.0. The Balaban J connectivity index is 1.35. The minimum absolute atomic E-state index is 0.0443. The Morgan fingerprint density at radius 2 is 1.72 bits per heavy atom. The fraction of sp³-hybridized carbons (Fsp3) is 0.192. The summed E-state index contributed by atoms with van der Waals surface area (Å²) in [6.45, 7) is 0.0443. The summed E-state index contributed by atoms with van der Waals surface area (Å²) >= 11 is 7.51. The van der Waals surface area contributed by atoms with Gasteiger partial charge in [0, 0.05) is 35.0 Å². The molecule has 0 spiro atoms. The molecule has 5 nitrogen and oxygen atoms in total. The number of benzene rings is 3. The maximum Gasteiger partial charge on any atom is 0.416 e. The average Bonchev–Trinajstić information content (AvgIpc) is 3.30. The van der Waals surface area contributed by atoms with Gasteiger partial charge in [-0.25, -0.2) is 0 Å². The molecule has 0 radical (unpaired) electrons. The summed E-state index contributed by atoms with van der Waals surface area (Å²) in [6, 6.07) is 22.0. The largest absolute Gasteiger partial charge is 0.416 e. The third-order valence-corrected chi connectivity index (χ3v) is 6.54. The van der Waals surface area contributed by atoms with Gasteiger partial charge in [-0.2, -0.15) is 13.2 Å². The Morgan fingerprint density at radius 3 is 2.44 bits per heavy atom. The van der Waals surface area contributed by atoms with E-state index in [4.69, 9.17) is 11.6 Å². The van der Waals surface area contributed by atoms with Gasteiger partial charge in [0.25, 0.3) is 0 Å². The highest BCUT2D eigenvalue weighted by Gasteiger charge is 2.30. The summed E-state index contributed by atoms with van der Waals surface area (Å²) in [5.74, 6) is 1.07. The molecule has 1 heterocycles. The zero-order chi connectivity index (χ0) is 25.5. The quantitative estimate of drug-likeness (QED) is 0.191. The summed E-state index contributed by atoms with van der Waals surface area (Å²) < 4.78 is 40.5. The van der Waals surface area contributed by atoms with E-state index >= 15 is 0 Å². The number of aromatic nitrogens is 3. The molecule has 0 atom stereocenters. The predicted molar refractivity (Wildman–Crippen MR) is 135 cm³/mol. The molecule has 0 bridgehead atoms. The molecule has 0 saturated heterocycles. The van der Waals surface area contributed by atoms with Crippen molar-refractivity contribution in [2.75, 3.05) is 5.75 Å². The molecule has 0 saturated carbocycles. The van der Waals surface area contributed by atoms with E-state index in [1.54, 1.807) is 18.2 Å². The molecular weight excluding hydrogens is 509 g/mol. The van der Waals surface area contributed by atoms with Crippen LogP contribution in [0.25, 0.3) is 17.1 Å². The number of alkyl halides is 3. The maximum atomic E-state index is 12.9. The van der Waals surface area contributed by atoms with Crippen molar-refractivity contribution in [3.63, 3.8) is 0 Å². The molecule has 0 aliphatic carbocycles. The Kier molecular flexibility index (Phi) is 8.32. The van der Waals surface area contributed by atoms with Crippen LogP contribution in [0.2, 0.25) is 5.02 Å². The van der Waals surface area contributed by atoms with Crippen LogP contribution in [-0.4, -0.2) is 26.4 Å². The number of nitrogens with one attached hydrogen (secondary N) is 1. The first-order valence-electron chi connectivity index (χ1n) is 11.1. The minimum Gasteiger partial charge on any atom is -0.352 e. The first-order valence-corrected chi connectivity index (χ1v) is 12.5. The first kappa shape index (κ1) is 25.8. The number of hydrogen-bond acceptors (Lipinski definition) is 4. The molecule has 0 fully saturated rings. The summed E-state index contributed by atoms with van der Waals surface area (Å²) in [5, 5.41) is 12.8. The van der Waals surface area contributed by atoms with Crippen molar-refractivity contribution in [1.29, 1.82) is 0 Å². The van der Waals surface area contributed by atoms with E-state index < -0.39 is 11.7 Å². The number of hydrogen-bond donors (Lipinski definition) is 1. The van der Waals surface area contributed by atoms with Gasteiger partial charge in [-0.3, -0.25) is 9.36 Å². The second kappa shape index (κ2) is 11.6. The van der Waals surface area contributed by atoms with Crippen LogP contribution in [0, 0.1) is 0 Å². The number of amides is 1. The van der Waals surface area contributed by atoms with Crippen LogP contribution < -0.4 is 5.32 Å². The van der Waals surface area contributed by atoms with Crippen LogP contribution in [0.5, 0.6) is 0 Å². The average molecular weight is 531 g/mol. The Hall–Kier alpha value is -3.30. The van der Waals surface area contributed by atoms with Crippen molar-refractivity contribution in [1.82, 2.24) is 20.1 Å². The number of halogens is 4. The number of thioether (sulfide) groups is 1. The van der Waals surface area contributed by atoms with E-state index in [0.717, 1.165) is 23.4 Å². The van der Waals surface area contributed by atoms with E-state index in [1.165, 1.54) is 17.8 Å². The number of para-hydroxylation sites is 1. The van der Waals surface area contributed by atoms with Gasteiger partial charge in [0.1, 0.15) is 0 Å². The van der Waals surface area contributed by atoms with Crippen molar-refractivity contribution < 1.29 is 18.0 Å². The second-order valence-corrected chi connectivity index (χ2v) is 9.41. The van der Waals surface area contributed by atoms with Gasteiger partial charge in [-0.1, -0.05) is 53.7 Å². The van der Waals surface area contributed by atoms with Gasteiger partial charge in [0.15, 0.2) is 11.0 Å². The molecule has 0 unspecified atom stereocenters. The molecule has 0 aliphatic rings. The molecule has 186 valence electrons. The SMILES string of the molecule is O=C(CCCSc1nnc(-c2ccc(Cl)cc2)n1-c1ccccc1)NCc1cccc(C(F)(F)F)c1. The van der Waals surface area contributed by atoms with Crippen molar-refractivity contribution in [2.45, 2.75) is 30.7 Å². The highest BCUT2D eigenvalue weighted by molar-refractivity contribution is 7.99. The van der Waals surface area contributed by atoms with Crippen molar-refractivity contribution in [3.8, 4) is 17.1 Å². The van der Waals surface area contributed by atoms with E-state index in [1.807, 2.05) is 47.0 Å². The first-order chi connectivity index (χ1) is 17.3. The Morgan fingerprint density at radius 1 is 0.972 bits per heavy atom. The number of rotatable bonds is 9. The highest BCUT2D eigenvalue weighted by Crippen LogP contribution is 2.30.